The predicted octanol–water partition coefficient (Wildman–Crippen LogP) is 4.92. The van der Waals surface area contributed by atoms with Gasteiger partial charge in [0.15, 0.2) is 0 Å². The lowest BCUT2D eigenvalue weighted by Gasteiger charge is -2.36. The van der Waals surface area contributed by atoms with Gasteiger partial charge in [0, 0.05) is 43.8 Å². The number of benzene rings is 2. The first-order valence-corrected chi connectivity index (χ1v) is 12.0. The fraction of sp³-hybridized carbons (Fsp3) is 0.458. The third kappa shape index (κ3) is 5.41. The Morgan fingerprint density at radius 3 is 2.53 bits per heavy atom. The molecule has 4 rings (SSSR count). The summed E-state index contributed by atoms with van der Waals surface area (Å²) in [5.41, 5.74) is 2.36. The van der Waals surface area contributed by atoms with E-state index in [1.54, 1.807) is 22.7 Å². The van der Waals surface area contributed by atoms with Crippen molar-refractivity contribution in [2.24, 2.45) is 0 Å². The lowest BCUT2D eigenvalue weighted by atomic mass is 10.1. The fourth-order valence-corrected chi connectivity index (χ4v) is 5.31. The molecule has 2 aromatic carbocycles. The number of alkyl halides is 3. The van der Waals surface area contributed by atoms with Crippen molar-refractivity contribution in [3.05, 3.63) is 53.6 Å². The number of hydrogen-bond donors (Lipinski definition) is 0. The summed E-state index contributed by atoms with van der Waals surface area (Å²) in [5.74, 6) is 0.641. The minimum Gasteiger partial charge on any atom is -0.369 e. The number of hydrogen-bond acceptors (Lipinski definition) is 4. The van der Waals surface area contributed by atoms with E-state index < -0.39 is 11.7 Å². The van der Waals surface area contributed by atoms with E-state index in [0.29, 0.717) is 11.4 Å². The first-order valence-electron chi connectivity index (χ1n) is 11.0. The van der Waals surface area contributed by atoms with Crippen LogP contribution in [0.4, 0.5) is 24.5 Å². The zero-order chi connectivity index (χ0) is 22.7. The average molecular weight is 464 g/mol. The molecule has 4 nitrogen and oxygen atoms in total. The summed E-state index contributed by atoms with van der Waals surface area (Å²) in [6.45, 7) is 4.23. The van der Waals surface area contributed by atoms with Crippen molar-refractivity contribution >= 4 is 29.0 Å². The maximum atomic E-state index is 13.0. The lowest BCUT2D eigenvalue weighted by Crippen LogP contribution is -2.46. The summed E-state index contributed by atoms with van der Waals surface area (Å²) in [4.78, 5) is 19.2. The van der Waals surface area contributed by atoms with Crippen LogP contribution in [0.5, 0.6) is 0 Å². The second kappa shape index (κ2) is 9.75. The molecule has 32 heavy (non-hydrogen) atoms. The molecule has 0 aliphatic carbocycles. The summed E-state index contributed by atoms with van der Waals surface area (Å²) in [6.07, 6.45) is -1.12. The van der Waals surface area contributed by atoms with Crippen LogP contribution in [0.1, 0.15) is 24.0 Å². The molecule has 1 amide bonds. The Hall–Kier alpha value is -2.19. The van der Waals surface area contributed by atoms with E-state index in [-0.39, 0.29) is 5.91 Å². The molecule has 0 unspecified atom stereocenters. The van der Waals surface area contributed by atoms with E-state index >= 15 is 0 Å². The highest BCUT2D eigenvalue weighted by molar-refractivity contribution is 8.00. The van der Waals surface area contributed by atoms with Gasteiger partial charge in [-0.25, -0.2) is 0 Å². The molecule has 0 aromatic heterocycles. The largest absolute Gasteiger partial charge is 0.416 e. The van der Waals surface area contributed by atoms with E-state index in [9.17, 15) is 18.0 Å². The van der Waals surface area contributed by atoms with Crippen molar-refractivity contribution in [3.63, 3.8) is 0 Å². The fourth-order valence-electron chi connectivity index (χ4n) is 4.25. The van der Waals surface area contributed by atoms with Crippen molar-refractivity contribution in [2.45, 2.75) is 30.3 Å². The summed E-state index contributed by atoms with van der Waals surface area (Å²) in [6, 6.07) is 12.0. The van der Waals surface area contributed by atoms with Gasteiger partial charge in [0.25, 0.3) is 0 Å². The van der Waals surface area contributed by atoms with E-state index in [1.807, 2.05) is 18.0 Å². The number of nitrogens with zero attached hydrogens (tertiary/aromatic N) is 3. The molecule has 0 atom stereocenters. The minimum absolute atomic E-state index is 0.142. The van der Waals surface area contributed by atoms with Gasteiger partial charge in [-0.2, -0.15) is 13.2 Å². The van der Waals surface area contributed by atoms with Crippen molar-refractivity contribution in [3.8, 4) is 0 Å². The summed E-state index contributed by atoms with van der Waals surface area (Å²) in [7, 11) is 1.83. The topological polar surface area (TPSA) is 26.8 Å². The van der Waals surface area contributed by atoms with E-state index in [4.69, 9.17) is 0 Å². The van der Waals surface area contributed by atoms with Gasteiger partial charge in [-0.15, -0.1) is 11.8 Å². The van der Waals surface area contributed by atoms with Crippen LogP contribution >= 0.6 is 11.8 Å². The van der Waals surface area contributed by atoms with Gasteiger partial charge in [-0.05, 0) is 61.7 Å². The van der Waals surface area contributed by atoms with Crippen molar-refractivity contribution in [1.29, 1.82) is 0 Å². The number of carbonyl (C=O) groups excluding carboxylic acids is 1. The van der Waals surface area contributed by atoms with Gasteiger partial charge in [0.05, 0.1) is 17.0 Å². The van der Waals surface area contributed by atoms with Crippen LogP contribution in [-0.2, 0) is 17.4 Å². The number of rotatable bonds is 6. The third-order valence-electron chi connectivity index (χ3n) is 6.21. The summed E-state index contributed by atoms with van der Waals surface area (Å²) < 4.78 is 38.9. The zero-order valence-electron chi connectivity index (χ0n) is 18.2. The molecular weight excluding hydrogens is 435 g/mol. The summed E-state index contributed by atoms with van der Waals surface area (Å²) in [5, 5.41) is 0. The van der Waals surface area contributed by atoms with E-state index in [2.05, 4.69) is 17.0 Å². The molecule has 1 saturated heterocycles. The Bertz CT molecular complexity index is 958. The van der Waals surface area contributed by atoms with Crippen LogP contribution in [0.3, 0.4) is 0 Å². The van der Waals surface area contributed by atoms with Gasteiger partial charge in [-0.3, -0.25) is 9.69 Å². The van der Waals surface area contributed by atoms with Crippen molar-refractivity contribution in [2.75, 3.05) is 55.3 Å². The highest BCUT2D eigenvalue weighted by Gasteiger charge is 2.31. The van der Waals surface area contributed by atoms with Gasteiger partial charge < -0.3 is 9.80 Å². The van der Waals surface area contributed by atoms with Crippen LogP contribution in [-0.4, -0.2) is 56.3 Å². The Balaban J connectivity index is 1.21. The molecule has 1 fully saturated rings. The molecule has 0 saturated carbocycles. The molecule has 0 spiro atoms. The Kier molecular flexibility index (Phi) is 7.00. The van der Waals surface area contributed by atoms with Gasteiger partial charge in [-0.1, -0.05) is 12.1 Å². The quantitative estimate of drug-likeness (QED) is 0.569. The van der Waals surface area contributed by atoms with E-state index in [0.717, 1.165) is 63.7 Å². The maximum absolute atomic E-state index is 13.0. The molecule has 2 aliphatic heterocycles. The number of unbranched alkanes of at least 4 members (excludes halogenated alkanes) is 1. The number of piperazine rings is 1. The number of aryl methyl sites for hydroxylation is 1. The number of anilines is 2. The Labute approximate surface area is 191 Å². The molecular formula is C24H28F3N3OS. The molecule has 2 heterocycles. The lowest BCUT2D eigenvalue weighted by molar-refractivity contribution is -0.137. The number of amides is 1. The van der Waals surface area contributed by atoms with Crippen LogP contribution < -0.4 is 9.80 Å². The Morgan fingerprint density at radius 1 is 1.00 bits per heavy atom. The van der Waals surface area contributed by atoms with Crippen LogP contribution in [0.25, 0.3) is 0 Å². The molecule has 172 valence electrons. The highest BCUT2D eigenvalue weighted by Crippen LogP contribution is 2.35. The third-order valence-corrected chi connectivity index (χ3v) is 7.24. The van der Waals surface area contributed by atoms with Gasteiger partial charge in [0.1, 0.15) is 0 Å². The predicted molar refractivity (Wildman–Crippen MR) is 124 cm³/mol. The zero-order valence-corrected chi connectivity index (χ0v) is 19.0. The Morgan fingerprint density at radius 2 is 1.78 bits per heavy atom. The van der Waals surface area contributed by atoms with Crippen LogP contribution in [0.15, 0.2) is 47.4 Å². The average Bonchev–Trinajstić information content (AvgIpc) is 2.79. The molecule has 0 radical (unpaired) electrons. The highest BCUT2D eigenvalue weighted by atomic mass is 32.2. The first kappa shape index (κ1) is 23.0. The van der Waals surface area contributed by atoms with Crippen LogP contribution in [0.2, 0.25) is 0 Å². The SMILES string of the molecule is CN1C(=O)CSc2cc(CCCCN3CCN(c4cccc(C(F)(F)F)c4)CC3)ccc21. The molecule has 8 heteroatoms. The van der Waals surface area contributed by atoms with Gasteiger partial charge >= 0.3 is 6.18 Å². The molecule has 0 bridgehead atoms. The normalized spacial score (nSPS) is 17.6. The maximum Gasteiger partial charge on any atom is 0.416 e. The molecule has 0 N–H and O–H groups in total. The number of carbonyl (C=O) groups is 1. The number of halogens is 3. The monoisotopic (exact) mass is 463 g/mol. The standard InChI is InChI=1S/C24H28F3N3OS/c1-28-21-9-8-18(15-22(21)32-17-23(28)31)5-2-3-10-29-11-13-30(14-12-29)20-7-4-6-19(16-20)24(25,26)27/h4,6-9,15-16H,2-3,5,10-14,17H2,1H3. The smallest absolute Gasteiger partial charge is 0.369 e. The minimum atomic E-state index is -4.30. The second-order valence-electron chi connectivity index (χ2n) is 8.38. The first-order chi connectivity index (χ1) is 15.3. The summed E-state index contributed by atoms with van der Waals surface area (Å²) >= 11 is 1.61. The van der Waals surface area contributed by atoms with E-state index in [1.165, 1.54) is 22.6 Å². The second-order valence-corrected chi connectivity index (χ2v) is 9.39. The van der Waals surface area contributed by atoms with Gasteiger partial charge in [0.2, 0.25) is 5.91 Å². The molecule has 2 aliphatic rings. The van der Waals surface area contributed by atoms with Crippen molar-refractivity contribution in [1.82, 2.24) is 4.90 Å². The van der Waals surface area contributed by atoms with Crippen molar-refractivity contribution < 1.29 is 18.0 Å². The van der Waals surface area contributed by atoms with Crippen LogP contribution in [0, 0.1) is 0 Å². The number of fused-ring (bicyclic) bond motifs is 1. The molecule has 2 aromatic rings. The number of thioether (sulfide) groups is 1.